The number of hydrogen-bond donors (Lipinski definition) is 1. The Kier molecular flexibility index (Phi) is 4.30. The van der Waals surface area contributed by atoms with Crippen molar-refractivity contribution < 1.29 is 4.79 Å². The molecule has 1 N–H and O–H groups in total. The first-order valence-corrected chi connectivity index (χ1v) is 7.98. The maximum Gasteiger partial charge on any atom is 0.251 e. The monoisotopic (exact) mass is 308 g/mol. The summed E-state index contributed by atoms with van der Waals surface area (Å²) in [6, 6.07) is 17.3. The third-order valence-corrected chi connectivity index (χ3v) is 4.27. The maximum atomic E-state index is 12.2. The second-order valence-corrected chi connectivity index (χ2v) is 5.92. The van der Waals surface area contributed by atoms with Crippen molar-refractivity contribution in [2.45, 2.75) is 13.0 Å². The average Bonchev–Trinajstić information content (AvgIpc) is 3.10. The van der Waals surface area contributed by atoms with Crippen LogP contribution in [0.5, 0.6) is 0 Å². The topological polar surface area (TPSA) is 42.0 Å². The van der Waals surface area contributed by atoms with E-state index in [-0.39, 0.29) is 11.9 Å². The van der Waals surface area contributed by atoms with Crippen LogP contribution in [0.2, 0.25) is 0 Å². The van der Waals surface area contributed by atoms with E-state index in [9.17, 15) is 4.79 Å². The highest BCUT2D eigenvalue weighted by Crippen LogP contribution is 2.25. The highest BCUT2D eigenvalue weighted by Gasteiger charge is 2.12. The number of amides is 1. The van der Waals surface area contributed by atoms with Gasteiger partial charge in [-0.3, -0.25) is 4.79 Å². The van der Waals surface area contributed by atoms with E-state index in [1.807, 2.05) is 60.8 Å². The third-order valence-electron chi connectivity index (χ3n) is 3.45. The summed E-state index contributed by atoms with van der Waals surface area (Å²) in [5.74, 6) is -0.0623. The number of aromatic nitrogens is 1. The van der Waals surface area contributed by atoms with E-state index < -0.39 is 0 Å². The van der Waals surface area contributed by atoms with Gasteiger partial charge in [-0.2, -0.15) is 0 Å². The third kappa shape index (κ3) is 3.23. The van der Waals surface area contributed by atoms with Crippen LogP contribution in [0.1, 0.15) is 28.9 Å². The molecule has 3 nitrogen and oxygen atoms in total. The van der Waals surface area contributed by atoms with E-state index in [0.29, 0.717) is 5.56 Å². The smallest absolute Gasteiger partial charge is 0.251 e. The Bertz CT molecular complexity index is 754. The van der Waals surface area contributed by atoms with Gasteiger partial charge >= 0.3 is 0 Å². The zero-order chi connectivity index (χ0) is 15.4. The van der Waals surface area contributed by atoms with E-state index in [0.717, 1.165) is 16.1 Å². The Morgan fingerprint density at radius 1 is 1.14 bits per heavy atom. The van der Waals surface area contributed by atoms with Gasteiger partial charge in [-0.25, -0.2) is 4.98 Å². The van der Waals surface area contributed by atoms with Gasteiger partial charge in [0, 0.05) is 22.7 Å². The molecular formula is C18H16N2OS. The average molecular weight is 308 g/mol. The van der Waals surface area contributed by atoms with E-state index in [1.54, 1.807) is 17.5 Å². The zero-order valence-electron chi connectivity index (χ0n) is 12.2. The van der Waals surface area contributed by atoms with E-state index in [4.69, 9.17) is 0 Å². The highest BCUT2D eigenvalue weighted by molar-refractivity contribution is 7.13. The van der Waals surface area contributed by atoms with Gasteiger partial charge in [0.15, 0.2) is 0 Å². The number of benzene rings is 2. The quantitative estimate of drug-likeness (QED) is 0.780. The van der Waals surface area contributed by atoms with Gasteiger partial charge < -0.3 is 5.32 Å². The van der Waals surface area contributed by atoms with Crippen molar-refractivity contribution in [2.24, 2.45) is 0 Å². The van der Waals surface area contributed by atoms with Gasteiger partial charge in [-0.1, -0.05) is 36.4 Å². The normalized spacial score (nSPS) is 11.9. The standard InChI is InChI=1S/C18H16N2OS/c1-13(20-17(21)14-6-3-2-4-7-14)15-8-5-9-16(12-15)18-19-10-11-22-18/h2-13H,1H3,(H,20,21). The molecule has 110 valence electrons. The summed E-state index contributed by atoms with van der Waals surface area (Å²) >= 11 is 1.61. The first-order chi connectivity index (χ1) is 10.7. The van der Waals surface area contributed by atoms with Crippen molar-refractivity contribution in [3.8, 4) is 10.6 Å². The van der Waals surface area contributed by atoms with Gasteiger partial charge in [0.1, 0.15) is 5.01 Å². The summed E-state index contributed by atoms with van der Waals surface area (Å²) in [5, 5.41) is 5.98. The predicted molar refractivity (Wildman–Crippen MR) is 89.9 cm³/mol. The fraction of sp³-hybridized carbons (Fsp3) is 0.111. The zero-order valence-corrected chi connectivity index (χ0v) is 13.0. The molecule has 1 heterocycles. The van der Waals surface area contributed by atoms with Crippen molar-refractivity contribution in [3.63, 3.8) is 0 Å². The molecule has 0 aliphatic carbocycles. The largest absolute Gasteiger partial charge is 0.346 e. The molecule has 0 radical (unpaired) electrons. The second-order valence-electron chi connectivity index (χ2n) is 5.02. The van der Waals surface area contributed by atoms with Gasteiger partial charge in [-0.05, 0) is 30.7 Å². The Morgan fingerprint density at radius 3 is 2.68 bits per heavy atom. The molecular weight excluding hydrogens is 292 g/mol. The number of nitrogens with one attached hydrogen (secondary N) is 1. The van der Waals surface area contributed by atoms with Crippen molar-refractivity contribution >= 4 is 17.2 Å². The number of thiazole rings is 1. The van der Waals surface area contributed by atoms with E-state index in [1.165, 1.54) is 0 Å². The minimum Gasteiger partial charge on any atom is -0.346 e. The Labute approximate surface area is 133 Å². The van der Waals surface area contributed by atoms with Crippen LogP contribution in [0.25, 0.3) is 10.6 Å². The number of carbonyl (C=O) groups excluding carboxylic acids is 1. The Morgan fingerprint density at radius 2 is 1.95 bits per heavy atom. The lowest BCUT2D eigenvalue weighted by molar-refractivity contribution is 0.0940. The van der Waals surface area contributed by atoms with Gasteiger partial charge in [0.25, 0.3) is 5.91 Å². The second kappa shape index (κ2) is 6.54. The van der Waals surface area contributed by atoms with Crippen LogP contribution < -0.4 is 5.32 Å². The summed E-state index contributed by atoms with van der Waals surface area (Å²) in [4.78, 5) is 16.5. The lowest BCUT2D eigenvalue weighted by Gasteiger charge is -2.15. The van der Waals surface area contributed by atoms with Crippen molar-refractivity contribution in [2.75, 3.05) is 0 Å². The van der Waals surface area contributed by atoms with Crippen molar-refractivity contribution in [3.05, 3.63) is 77.3 Å². The van der Waals surface area contributed by atoms with E-state index in [2.05, 4.69) is 16.4 Å². The molecule has 0 bridgehead atoms. The highest BCUT2D eigenvalue weighted by atomic mass is 32.1. The summed E-state index contributed by atoms with van der Waals surface area (Å²) in [6.45, 7) is 1.99. The first-order valence-electron chi connectivity index (χ1n) is 7.10. The molecule has 1 amide bonds. The summed E-state index contributed by atoms with van der Waals surface area (Å²) in [7, 11) is 0. The number of hydrogen-bond acceptors (Lipinski definition) is 3. The molecule has 0 fully saturated rings. The summed E-state index contributed by atoms with van der Waals surface area (Å²) in [5.41, 5.74) is 2.82. The predicted octanol–water partition coefficient (Wildman–Crippen LogP) is 4.30. The Hall–Kier alpha value is -2.46. The number of rotatable bonds is 4. The lowest BCUT2D eigenvalue weighted by atomic mass is 10.0. The van der Waals surface area contributed by atoms with Crippen LogP contribution >= 0.6 is 11.3 Å². The van der Waals surface area contributed by atoms with Gasteiger partial charge in [0.2, 0.25) is 0 Å². The summed E-state index contributed by atoms with van der Waals surface area (Å²) in [6.07, 6.45) is 1.80. The van der Waals surface area contributed by atoms with Crippen LogP contribution in [0.15, 0.2) is 66.2 Å². The molecule has 0 aliphatic heterocycles. The van der Waals surface area contributed by atoms with Gasteiger partial charge in [0.05, 0.1) is 6.04 Å². The van der Waals surface area contributed by atoms with Crippen LogP contribution in [0, 0.1) is 0 Å². The molecule has 0 saturated heterocycles. The molecule has 3 aromatic rings. The van der Waals surface area contributed by atoms with Gasteiger partial charge in [-0.15, -0.1) is 11.3 Å². The fourth-order valence-electron chi connectivity index (χ4n) is 2.26. The SMILES string of the molecule is CC(NC(=O)c1ccccc1)c1cccc(-c2nccs2)c1. The minimum absolute atomic E-state index is 0.0623. The van der Waals surface area contributed by atoms with Crippen LogP contribution in [0.4, 0.5) is 0 Å². The van der Waals surface area contributed by atoms with Crippen molar-refractivity contribution in [1.82, 2.24) is 10.3 Å². The molecule has 0 saturated carbocycles. The molecule has 0 aliphatic rings. The molecule has 4 heteroatoms. The number of carbonyl (C=O) groups is 1. The Balaban J connectivity index is 1.77. The molecule has 0 spiro atoms. The van der Waals surface area contributed by atoms with Crippen LogP contribution in [-0.4, -0.2) is 10.9 Å². The maximum absolute atomic E-state index is 12.2. The first kappa shape index (κ1) is 14.5. The lowest BCUT2D eigenvalue weighted by Crippen LogP contribution is -2.26. The molecule has 22 heavy (non-hydrogen) atoms. The van der Waals surface area contributed by atoms with Crippen LogP contribution in [0.3, 0.4) is 0 Å². The van der Waals surface area contributed by atoms with Crippen LogP contribution in [-0.2, 0) is 0 Å². The molecule has 1 atom stereocenters. The summed E-state index contributed by atoms with van der Waals surface area (Å²) < 4.78 is 0. The molecule has 1 aromatic heterocycles. The fourth-order valence-corrected chi connectivity index (χ4v) is 2.90. The number of nitrogens with zero attached hydrogens (tertiary/aromatic N) is 1. The molecule has 3 rings (SSSR count). The van der Waals surface area contributed by atoms with Crippen molar-refractivity contribution in [1.29, 1.82) is 0 Å². The minimum atomic E-state index is -0.0624. The van der Waals surface area contributed by atoms with E-state index >= 15 is 0 Å². The molecule has 2 aromatic carbocycles. The molecule has 1 unspecified atom stereocenters.